The van der Waals surface area contributed by atoms with Crippen molar-refractivity contribution >= 4 is 17.3 Å². The number of rotatable bonds is 6. The minimum absolute atomic E-state index is 0.0984. The van der Waals surface area contributed by atoms with Crippen LogP contribution >= 0.6 is 11.6 Å². The molecule has 1 fully saturated rings. The van der Waals surface area contributed by atoms with Crippen molar-refractivity contribution in [1.29, 1.82) is 0 Å². The third-order valence-electron chi connectivity index (χ3n) is 4.33. The number of nitro groups is 1. The van der Waals surface area contributed by atoms with Gasteiger partial charge in [0.2, 0.25) is 0 Å². The van der Waals surface area contributed by atoms with E-state index in [9.17, 15) is 10.1 Å². The second-order valence-electron chi connectivity index (χ2n) is 6.13. The maximum Gasteiger partial charge on any atom is 0.275 e. The van der Waals surface area contributed by atoms with Gasteiger partial charge >= 0.3 is 0 Å². The van der Waals surface area contributed by atoms with Crippen LogP contribution in [0.4, 0.5) is 5.69 Å². The van der Waals surface area contributed by atoms with Crippen molar-refractivity contribution in [3.8, 4) is 0 Å². The van der Waals surface area contributed by atoms with Crippen molar-refractivity contribution in [1.82, 2.24) is 5.32 Å². The van der Waals surface area contributed by atoms with Crippen molar-refractivity contribution in [3.63, 3.8) is 0 Å². The Labute approximate surface area is 131 Å². The summed E-state index contributed by atoms with van der Waals surface area (Å²) in [5.41, 5.74) is 0.794. The minimum Gasteiger partial charge on any atom is -0.312 e. The van der Waals surface area contributed by atoms with Gasteiger partial charge in [-0.2, -0.15) is 0 Å². The van der Waals surface area contributed by atoms with Crippen LogP contribution in [0.25, 0.3) is 0 Å². The number of nitrogens with one attached hydrogen (secondary N) is 1. The van der Waals surface area contributed by atoms with Crippen molar-refractivity contribution in [2.45, 2.75) is 45.6 Å². The zero-order valence-corrected chi connectivity index (χ0v) is 13.2. The molecule has 0 aliphatic heterocycles. The van der Waals surface area contributed by atoms with Gasteiger partial charge in [0.25, 0.3) is 5.69 Å². The maximum atomic E-state index is 11.0. The average molecular weight is 311 g/mol. The summed E-state index contributed by atoms with van der Waals surface area (Å²) in [5.74, 6) is 1.66. The van der Waals surface area contributed by atoms with Crippen molar-refractivity contribution in [2.75, 3.05) is 6.54 Å². The SMILES string of the molecule is CC1CCCC(CCNCc2ccc(Cl)cc2[N+](=O)[O-])C1. The fourth-order valence-electron chi connectivity index (χ4n) is 3.21. The fourth-order valence-corrected chi connectivity index (χ4v) is 3.37. The van der Waals surface area contributed by atoms with Gasteiger partial charge in [0, 0.05) is 23.2 Å². The number of hydrogen-bond acceptors (Lipinski definition) is 3. The van der Waals surface area contributed by atoms with Crippen LogP contribution in [0.2, 0.25) is 5.02 Å². The lowest BCUT2D eigenvalue weighted by Crippen LogP contribution is -2.21. The number of benzene rings is 1. The lowest BCUT2D eigenvalue weighted by Gasteiger charge is -2.26. The van der Waals surface area contributed by atoms with Gasteiger partial charge in [-0.05, 0) is 43.4 Å². The van der Waals surface area contributed by atoms with E-state index < -0.39 is 0 Å². The van der Waals surface area contributed by atoms with E-state index in [4.69, 9.17) is 11.6 Å². The van der Waals surface area contributed by atoms with E-state index >= 15 is 0 Å². The summed E-state index contributed by atoms with van der Waals surface area (Å²) in [5, 5.41) is 14.7. The molecule has 0 heterocycles. The molecule has 5 heteroatoms. The Balaban J connectivity index is 1.79. The Morgan fingerprint density at radius 3 is 2.95 bits per heavy atom. The van der Waals surface area contributed by atoms with Gasteiger partial charge in [0.15, 0.2) is 0 Å². The molecule has 0 radical (unpaired) electrons. The zero-order chi connectivity index (χ0) is 15.2. The van der Waals surface area contributed by atoms with Crippen molar-refractivity contribution < 1.29 is 4.92 Å². The fraction of sp³-hybridized carbons (Fsp3) is 0.625. The molecule has 1 N–H and O–H groups in total. The van der Waals surface area contributed by atoms with E-state index in [1.165, 1.54) is 31.7 Å². The van der Waals surface area contributed by atoms with Gasteiger partial charge in [-0.25, -0.2) is 0 Å². The predicted molar refractivity (Wildman–Crippen MR) is 85.6 cm³/mol. The van der Waals surface area contributed by atoms with Gasteiger partial charge in [0.05, 0.1) is 4.92 Å². The summed E-state index contributed by atoms with van der Waals surface area (Å²) in [6.45, 7) is 3.77. The minimum atomic E-state index is -0.369. The van der Waals surface area contributed by atoms with Gasteiger partial charge in [0.1, 0.15) is 0 Å². The van der Waals surface area contributed by atoms with Gasteiger partial charge < -0.3 is 5.32 Å². The first kappa shape index (κ1) is 16.2. The molecule has 0 spiro atoms. The van der Waals surface area contributed by atoms with E-state index in [-0.39, 0.29) is 10.6 Å². The summed E-state index contributed by atoms with van der Waals surface area (Å²) < 4.78 is 0. The Kier molecular flexibility index (Phi) is 6.00. The Bertz CT molecular complexity index is 493. The molecule has 2 rings (SSSR count). The normalized spacial score (nSPS) is 22.2. The molecule has 2 atom stereocenters. The number of nitrogens with zero attached hydrogens (tertiary/aromatic N) is 1. The third-order valence-corrected chi connectivity index (χ3v) is 4.57. The zero-order valence-electron chi connectivity index (χ0n) is 12.5. The molecule has 21 heavy (non-hydrogen) atoms. The van der Waals surface area contributed by atoms with Crippen LogP contribution in [0.15, 0.2) is 18.2 Å². The highest BCUT2D eigenvalue weighted by atomic mass is 35.5. The molecule has 0 aromatic heterocycles. The first-order valence-corrected chi connectivity index (χ1v) is 8.07. The van der Waals surface area contributed by atoms with E-state index in [0.717, 1.165) is 24.8 Å². The molecule has 2 unspecified atom stereocenters. The van der Waals surface area contributed by atoms with Crippen LogP contribution in [0.5, 0.6) is 0 Å². The summed E-state index contributed by atoms with van der Waals surface area (Å²) in [6.07, 6.45) is 6.51. The molecular formula is C16H23ClN2O2. The van der Waals surface area contributed by atoms with Crippen molar-refractivity contribution in [3.05, 3.63) is 38.9 Å². The lowest BCUT2D eigenvalue weighted by atomic mass is 9.81. The summed E-state index contributed by atoms with van der Waals surface area (Å²) in [7, 11) is 0. The topological polar surface area (TPSA) is 55.2 Å². The van der Waals surface area contributed by atoms with Gasteiger partial charge in [-0.1, -0.05) is 37.8 Å². The van der Waals surface area contributed by atoms with E-state index in [1.807, 2.05) is 0 Å². The molecule has 1 saturated carbocycles. The molecule has 116 valence electrons. The number of hydrogen-bond donors (Lipinski definition) is 1. The molecule has 0 amide bonds. The molecule has 4 nitrogen and oxygen atoms in total. The highest BCUT2D eigenvalue weighted by Crippen LogP contribution is 2.30. The monoisotopic (exact) mass is 310 g/mol. The van der Waals surface area contributed by atoms with Gasteiger partial charge in [-0.3, -0.25) is 10.1 Å². The maximum absolute atomic E-state index is 11.0. The first-order chi connectivity index (χ1) is 10.1. The van der Waals surface area contributed by atoms with E-state index in [0.29, 0.717) is 17.1 Å². The molecule has 1 aliphatic carbocycles. The largest absolute Gasteiger partial charge is 0.312 e. The van der Waals surface area contributed by atoms with Crippen molar-refractivity contribution in [2.24, 2.45) is 11.8 Å². The van der Waals surface area contributed by atoms with Crippen LogP contribution < -0.4 is 5.32 Å². The van der Waals surface area contributed by atoms with Crippen LogP contribution in [-0.4, -0.2) is 11.5 Å². The smallest absolute Gasteiger partial charge is 0.275 e. The second-order valence-corrected chi connectivity index (χ2v) is 6.57. The third kappa shape index (κ3) is 4.97. The molecule has 0 saturated heterocycles. The van der Waals surface area contributed by atoms with Crippen LogP contribution in [0.3, 0.4) is 0 Å². The molecule has 1 aliphatic rings. The van der Waals surface area contributed by atoms with Crippen LogP contribution in [0.1, 0.15) is 44.6 Å². The summed E-state index contributed by atoms with van der Waals surface area (Å²) >= 11 is 5.81. The lowest BCUT2D eigenvalue weighted by molar-refractivity contribution is -0.385. The molecule has 0 bridgehead atoms. The first-order valence-electron chi connectivity index (χ1n) is 7.70. The highest BCUT2D eigenvalue weighted by molar-refractivity contribution is 6.30. The molecule has 1 aromatic carbocycles. The summed E-state index contributed by atoms with van der Waals surface area (Å²) in [6, 6.07) is 4.85. The molecular weight excluding hydrogens is 288 g/mol. The second kappa shape index (κ2) is 7.76. The van der Waals surface area contributed by atoms with E-state index in [2.05, 4.69) is 12.2 Å². The van der Waals surface area contributed by atoms with Gasteiger partial charge in [-0.15, -0.1) is 0 Å². The number of nitro benzene ring substituents is 1. The van der Waals surface area contributed by atoms with Crippen LogP contribution in [-0.2, 0) is 6.54 Å². The van der Waals surface area contributed by atoms with E-state index in [1.54, 1.807) is 12.1 Å². The predicted octanol–water partition coefficient (Wildman–Crippen LogP) is 4.55. The Morgan fingerprint density at radius 1 is 1.43 bits per heavy atom. The molecule has 1 aromatic rings. The average Bonchev–Trinajstić information content (AvgIpc) is 2.44. The quantitative estimate of drug-likeness (QED) is 0.476. The Morgan fingerprint density at radius 2 is 2.24 bits per heavy atom. The van der Waals surface area contributed by atoms with Crippen LogP contribution in [0, 0.1) is 22.0 Å². The Hall–Kier alpha value is -1.13. The summed E-state index contributed by atoms with van der Waals surface area (Å²) in [4.78, 5) is 10.6. The number of halogens is 1. The standard InChI is InChI=1S/C16H23ClN2O2/c1-12-3-2-4-13(9-12)7-8-18-11-14-5-6-15(17)10-16(14)19(20)21/h5-6,10,12-13,18H,2-4,7-9,11H2,1H3. The highest BCUT2D eigenvalue weighted by Gasteiger charge is 2.18.